The van der Waals surface area contributed by atoms with Crippen molar-refractivity contribution >= 4 is 15.9 Å². The summed E-state index contributed by atoms with van der Waals surface area (Å²) >= 11 is 3.17. The first kappa shape index (κ1) is 13.9. The van der Waals surface area contributed by atoms with Crippen molar-refractivity contribution in [3.05, 3.63) is 34.1 Å². The lowest BCUT2D eigenvalue weighted by Gasteiger charge is -2.19. The zero-order valence-corrected chi connectivity index (χ0v) is 11.8. The average Bonchev–Trinajstić information content (AvgIpc) is 2.83. The third-order valence-corrected chi connectivity index (χ3v) is 2.94. The fourth-order valence-electron chi connectivity index (χ4n) is 1.53. The van der Waals surface area contributed by atoms with Crippen molar-refractivity contribution in [2.24, 2.45) is 0 Å². The molecule has 0 aliphatic carbocycles. The summed E-state index contributed by atoms with van der Waals surface area (Å²) in [6, 6.07) is 4.44. The van der Waals surface area contributed by atoms with Gasteiger partial charge in [0.25, 0.3) is 5.92 Å². The van der Waals surface area contributed by atoms with E-state index in [2.05, 4.69) is 36.6 Å². The Labute approximate surface area is 116 Å². The molecule has 0 aliphatic heterocycles. The molecule has 102 valence electrons. The number of aromatic nitrogens is 4. The average molecular weight is 333 g/mol. The SMILES string of the molecule is C[C@H](Oc1ccc(Br)cc1C(C)(F)F)c1nn[nH]n1. The minimum atomic E-state index is -3.00. The van der Waals surface area contributed by atoms with E-state index in [9.17, 15) is 8.78 Å². The van der Waals surface area contributed by atoms with Gasteiger partial charge in [0.15, 0.2) is 6.10 Å². The second kappa shape index (κ2) is 5.20. The van der Waals surface area contributed by atoms with Gasteiger partial charge >= 0.3 is 0 Å². The number of aromatic amines is 1. The normalized spacial score (nSPS) is 13.3. The van der Waals surface area contributed by atoms with Gasteiger partial charge in [0, 0.05) is 11.4 Å². The monoisotopic (exact) mass is 332 g/mol. The second-order valence-electron chi connectivity index (χ2n) is 4.06. The summed E-state index contributed by atoms with van der Waals surface area (Å²) in [6.45, 7) is 2.48. The fourth-order valence-corrected chi connectivity index (χ4v) is 1.89. The molecule has 1 atom stereocenters. The summed E-state index contributed by atoms with van der Waals surface area (Å²) in [5.74, 6) is -2.61. The summed E-state index contributed by atoms with van der Waals surface area (Å²) in [6.07, 6.45) is -0.582. The van der Waals surface area contributed by atoms with Gasteiger partial charge < -0.3 is 4.74 Å². The minimum Gasteiger partial charge on any atom is -0.482 e. The Bertz CT molecular complexity index is 556. The van der Waals surface area contributed by atoms with E-state index in [1.807, 2.05) is 0 Å². The van der Waals surface area contributed by atoms with Crippen LogP contribution in [0.2, 0.25) is 0 Å². The molecule has 5 nitrogen and oxygen atoms in total. The Hall–Kier alpha value is -1.57. The molecule has 1 N–H and O–H groups in total. The van der Waals surface area contributed by atoms with Crippen molar-refractivity contribution in [2.45, 2.75) is 25.9 Å². The number of halogens is 3. The number of alkyl halides is 2. The summed E-state index contributed by atoms with van der Waals surface area (Å²) in [5.41, 5.74) is -0.197. The molecule has 1 aromatic heterocycles. The molecule has 0 saturated carbocycles. The number of hydrogen-bond acceptors (Lipinski definition) is 4. The summed E-state index contributed by atoms with van der Waals surface area (Å²) in [7, 11) is 0. The van der Waals surface area contributed by atoms with Crippen LogP contribution < -0.4 is 4.74 Å². The summed E-state index contributed by atoms with van der Waals surface area (Å²) in [4.78, 5) is 0. The molecule has 0 amide bonds. The van der Waals surface area contributed by atoms with E-state index in [-0.39, 0.29) is 11.3 Å². The molecule has 8 heteroatoms. The zero-order chi connectivity index (χ0) is 14.0. The van der Waals surface area contributed by atoms with Crippen molar-refractivity contribution in [1.82, 2.24) is 20.6 Å². The van der Waals surface area contributed by atoms with E-state index in [0.29, 0.717) is 10.3 Å². The topological polar surface area (TPSA) is 63.7 Å². The molecule has 0 saturated heterocycles. The van der Waals surface area contributed by atoms with Crippen molar-refractivity contribution in [3.63, 3.8) is 0 Å². The molecule has 0 aliphatic rings. The number of H-pyrrole nitrogens is 1. The Morgan fingerprint density at radius 3 is 2.74 bits per heavy atom. The van der Waals surface area contributed by atoms with Crippen LogP contribution in [0.3, 0.4) is 0 Å². The number of nitrogens with one attached hydrogen (secondary N) is 1. The number of tetrazole rings is 1. The summed E-state index contributed by atoms with van der Waals surface area (Å²) < 4.78 is 33.1. The fraction of sp³-hybridized carbons (Fsp3) is 0.364. The van der Waals surface area contributed by atoms with Crippen LogP contribution in [0.4, 0.5) is 8.78 Å². The maximum atomic E-state index is 13.5. The molecule has 0 unspecified atom stereocenters. The third-order valence-electron chi connectivity index (χ3n) is 2.44. The number of ether oxygens (including phenoxy) is 1. The highest BCUT2D eigenvalue weighted by Gasteiger charge is 2.30. The van der Waals surface area contributed by atoms with Gasteiger partial charge in [-0.25, -0.2) is 8.78 Å². The van der Waals surface area contributed by atoms with Gasteiger partial charge in [0.05, 0.1) is 5.56 Å². The zero-order valence-electron chi connectivity index (χ0n) is 10.2. The van der Waals surface area contributed by atoms with Gasteiger partial charge in [-0.15, -0.1) is 10.2 Å². The van der Waals surface area contributed by atoms with Gasteiger partial charge in [-0.1, -0.05) is 21.1 Å². The first-order valence-corrected chi connectivity index (χ1v) is 6.25. The lowest BCUT2D eigenvalue weighted by Crippen LogP contribution is -2.13. The number of rotatable bonds is 4. The second-order valence-corrected chi connectivity index (χ2v) is 4.97. The van der Waals surface area contributed by atoms with Crippen LogP contribution in [0, 0.1) is 0 Å². The van der Waals surface area contributed by atoms with E-state index in [1.54, 1.807) is 13.0 Å². The van der Waals surface area contributed by atoms with E-state index >= 15 is 0 Å². The van der Waals surface area contributed by atoms with Crippen LogP contribution in [-0.4, -0.2) is 20.6 Å². The molecular weight excluding hydrogens is 322 g/mol. The van der Waals surface area contributed by atoms with Gasteiger partial charge in [0.1, 0.15) is 5.75 Å². The van der Waals surface area contributed by atoms with Crippen LogP contribution >= 0.6 is 15.9 Å². The van der Waals surface area contributed by atoms with Gasteiger partial charge in [-0.05, 0) is 25.1 Å². The number of hydrogen-bond donors (Lipinski definition) is 1. The number of benzene rings is 1. The van der Waals surface area contributed by atoms with Crippen LogP contribution in [0.25, 0.3) is 0 Å². The van der Waals surface area contributed by atoms with Gasteiger partial charge in [0.2, 0.25) is 5.82 Å². The largest absolute Gasteiger partial charge is 0.482 e. The Morgan fingerprint density at radius 1 is 1.42 bits per heavy atom. The highest BCUT2D eigenvalue weighted by molar-refractivity contribution is 9.10. The molecule has 0 radical (unpaired) electrons. The first-order chi connectivity index (χ1) is 8.88. The van der Waals surface area contributed by atoms with Crippen molar-refractivity contribution in [1.29, 1.82) is 0 Å². The maximum Gasteiger partial charge on any atom is 0.274 e. The molecule has 1 heterocycles. The maximum absolute atomic E-state index is 13.5. The third kappa shape index (κ3) is 3.25. The molecule has 0 spiro atoms. The highest BCUT2D eigenvalue weighted by atomic mass is 79.9. The van der Waals surface area contributed by atoms with Crippen LogP contribution in [0.1, 0.15) is 31.3 Å². The van der Waals surface area contributed by atoms with Crippen molar-refractivity contribution in [2.75, 3.05) is 0 Å². The predicted octanol–water partition coefficient (Wildman–Crippen LogP) is 3.21. The Kier molecular flexibility index (Phi) is 3.79. The highest BCUT2D eigenvalue weighted by Crippen LogP contribution is 2.37. The molecular formula is C11H11BrF2N4O. The van der Waals surface area contributed by atoms with Gasteiger partial charge in [-0.2, -0.15) is 5.21 Å². The smallest absolute Gasteiger partial charge is 0.274 e. The molecule has 0 bridgehead atoms. The van der Waals surface area contributed by atoms with E-state index < -0.39 is 12.0 Å². The van der Waals surface area contributed by atoms with Crippen LogP contribution in [0.15, 0.2) is 22.7 Å². The van der Waals surface area contributed by atoms with Crippen molar-refractivity contribution < 1.29 is 13.5 Å². The molecule has 2 aromatic rings. The first-order valence-electron chi connectivity index (χ1n) is 5.46. The molecule has 1 aromatic carbocycles. The van der Waals surface area contributed by atoms with Crippen molar-refractivity contribution in [3.8, 4) is 5.75 Å². The number of nitrogens with zero attached hydrogens (tertiary/aromatic N) is 3. The predicted molar refractivity (Wildman–Crippen MR) is 66.9 cm³/mol. The van der Waals surface area contributed by atoms with Crippen LogP contribution in [0.5, 0.6) is 5.75 Å². The standard InChI is InChI=1S/C11H11BrF2N4O/c1-6(10-15-17-18-16-10)19-9-4-3-7(12)5-8(9)11(2,13)14/h3-6H,1-2H3,(H,15,16,17,18)/t6-/m0/s1. The molecule has 19 heavy (non-hydrogen) atoms. The summed E-state index contributed by atoms with van der Waals surface area (Å²) in [5, 5.41) is 13.2. The van der Waals surface area contributed by atoms with E-state index in [0.717, 1.165) is 6.92 Å². The Balaban J connectivity index is 2.30. The molecule has 0 fully saturated rings. The molecule has 2 rings (SSSR count). The van der Waals surface area contributed by atoms with E-state index in [4.69, 9.17) is 4.74 Å². The van der Waals surface area contributed by atoms with Gasteiger partial charge in [-0.3, -0.25) is 0 Å². The Morgan fingerprint density at radius 2 is 2.16 bits per heavy atom. The quantitative estimate of drug-likeness (QED) is 0.933. The lowest BCUT2D eigenvalue weighted by atomic mass is 10.1. The lowest BCUT2D eigenvalue weighted by molar-refractivity contribution is 0.0131. The van der Waals surface area contributed by atoms with E-state index in [1.165, 1.54) is 12.1 Å². The van der Waals surface area contributed by atoms with Crippen LogP contribution in [-0.2, 0) is 5.92 Å². The minimum absolute atomic E-state index is 0.0907.